The Morgan fingerprint density at radius 2 is 1.80 bits per heavy atom. The zero-order chi connectivity index (χ0) is 14.5. The number of nitrogens with one attached hydrogen (secondary N) is 1. The number of halogens is 2. The Hall–Kier alpha value is -1.39. The third-order valence-electron chi connectivity index (χ3n) is 3.13. The quantitative estimate of drug-likeness (QED) is 0.878. The number of methoxy groups -OCH3 is 1. The molecule has 0 aliphatic heterocycles. The van der Waals surface area contributed by atoms with Crippen molar-refractivity contribution < 1.29 is 9.13 Å². The molecule has 0 amide bonds. The molecule has 4 heteroatoms. The zero-order valence-corrected chi connectivity index (χ0v) is 13.1. The van der Waals surface area contributed by atoms with Crippen molar-refractivity contribution in [1.29, 1.82) is 0 Å². The molecule has 0 heterocycles. The van der Waals surface area contributed by atoms with Gasteiger partial charge in [-0.1, -0.05) is 25.1 Å². The van der Waals surface area contributed by atoms with E-state index in [1.54, 1.807) is 19.2 Å². The summed E-state index contributed by atoms with van der Waals surface area (Å²) in [7, 11) is 1.64. The zero-order valence-electron chi connectivity index (χ0n) is 11.5. The summed E-state index contributed by atoms with van der Waals surface area (Å²) in [6.45, 7) is 2.83. The van der Waals surface area contributed by atoms with E-state index < -0.39 is 0 Å². The maximum atomic E-state index is 13.7. The first-order chi connectivity index (χ1) is 9.65. The Morgan fingerprint density at radius 1 is 1.15 bits per heavy atom. The molecule has 0 aromatic heterocycles. The van der Waals surface area contributed by atoms with Crippen LogP contribution in [0.3, 0.4) is 0 Å². The molecule has 2 aromatic carbocycles. The first-order valence-electron chi connectivity index (χ1n) is 6.48. The van der Waals surface area contributed by atoms with Crippen molar-refractivity contribution in [2.75, 3.05) is 13.7 Å². The summed E-state index contributed by atoms with van der Waals surface area (Å²) in [6, 6.07) is 13.0. The molecule has 0 aliphatic rings. The van der Waals surface area contributed by atoms with Crippen molar-refractivity contribution in [2.24, 2.45) is 0 Å². The third kappa shape index (κ3) is 3.38. The van der Waals surface area contributed by atoms with Gasteiger partial charge in [0.25, 0.3) is 0 Å². The second-order valence-corrected chi connectivity index (χ2v) is 5.29. The van der Waals surface area contributed by atoms with Gasteiger partial charge in [-0.3, -0.25) is 0 Å². The van der Waals surface area contributed by atoms with E-state index >= 15 is 0 Å². The van der Waals surface area contributed by atoms with Crippen LogP contribution in [0.2, 0.25) is 0 Å². The van der Waals surface area contributed by atoms with Crippen molar-refractivity contribution >= 4 is 15.9 Å². The smallest absolute Gasteiger partial charge is 0.137 e. The lowest BCUT2D eigenvalue weighted by Gasteiger charge is -2.19. The molecule has 2 rings (SSSR count). The molecule has 2 nitrogen and oxygen atoms in total. The molecular formula is C16H17BrFNO. The first kappa shape index (κ1) is 15.0. The molecule has 0 saturated carbocycles. The van der Waals surface area contributed by atoms with Gasteiger partial charge < -0.3 is 10.1 Å². The number of hydrogen-bond acceptors (Lipinski definition) is 2. The lowest BCUT2D eigenvalue weighted by Crippen LogP contribution is -2.22. The van der Waals surface area contributed by atoms with E-state index in [1.165, 1.54) is 0 Å². The summed E-state index contributed by atoms with van der Waals surface area (Å²) < 4.78 is 19.4. The van der Waals surface area contributed by atoms with Gasteiger partial charge in [0.15, 0.2) is 0 Å². The molecule has 1 unspecified atom stereocenters. The van der Waals surface area contributed by atoms with E-state index in [0.29, 0.717) is 4.47 Å². The van der Waals surface area contributed by atoms with E-state index in [1.807, 2.05) is 37.3 Å². The SMILES string of the molecule is CCNC(c1ccc(OC)cc1)c1ccc(Br)c(F)c1. The van der Waals surface area contributed by atoms with Crippen molar-refractivity contribution in [2.45, 2.75) is 13.0 Å². The Morgan fingerprint density at radius 3 is 2.35 bits per heavy atom. The lowest BCUT2D eigenvalue weighted by molar-refractivity contribution is 0.414. The monoisotopic (exact) mass is 337 g/mol. The molecule has 1 atom stereocenters. The largest absolute Gasteiger partial charge is 0.497 e. The highest BCUT2D eigenvalue weighted by molar-refractivity contribution is 9.10. The van der Waals surface area contributed by atoms with Crippen molar-refractivity contribution in [3.63, 3.8) is 0 Å². The first-order valence-corrected chi connectivity index (χ1v) is 7.27. The molecule has 2 aromatic rings. The average molecular weight is 338 g/mol. The second-order valence-electron chi connectivity index (χ2n) is 4.44. The molecule has 20 heavy (non-hydrogen) atoms. The topological polar surface area (TPSA) is 21.3 Å². The normalized spacial score (nSPS) is 12.2. The minimum Gasteiger partial charge on any atom is -0.497 e. The molecule has 0 radical (unpaired) electrons. The minimum absolute atomic E-state index is 0.0338. The van der Waals surface area contributed by atoms with Crippen molar-refractivity contribution in [3.05, 3.63) is 63.9 Å². The van der Waals surface area contributed by atoms with E-state index in [-0.39, 0.29) is 11.9 Å². The van der Waals surface area contributed by atoms with Crippen LogP contribution in [-0.2, 0) is 0 Å². The maximum absolute atomic E-state index is 13.7. The fourth-order valence-corrected chi connectivity index (χ4v) is 2.37. The van der Waals surface area contributed by atoms with Gasteiger partial charge in [-0.15, -0.1) is 0 Å². The third-order valence-corrected chi connectivity index (χ3v) is 3.78. The highest BCUT2D eigenvalue weighted by Gasteiger charge is 2.14. The van der Waals surface area contributed by atoms with Crippen molar-refractivity contribution in [1.82, 2.24) is 5.32 Å². The Balaban J connectivity index is 2.35. The van der Waals surface area contributed by atoms with Gasteiger partial charge >= 0.3 is 0 Å². The summed E-state index contributed by atoms with van der Waals surface area (Å²) in [4.78, 5) is 0. The van der Waals surface area contributed by atoms with Crippen LogP contribution in [0.1, 0.15) is 24.1 Å². The molecule has 1 N–H and O–H groups in total. The fraction of sp³-hybridized carbons (Fsp3) is 0.250. The summed E-state index contributed by atoms with van der Waals surface area (Å²) in [6.07, 6.45) is 0. The Kier molecular flexibility index (Phi) is 5.15. The van der Waals surface area contributed by atoms with Gasteiger partial charge in [0.05, 0.1) is 17.6 Å². The van der Waals surface area contributed by atoms with Crippen LogP contribution in [0.4, 0.5) is 4.39 Å². The maximum Gasteiger partial charge on any atom is 0.137 e. The molecule has 106 valence electrons. The van der Waals surface area contributed by atoms with E-state index in [2.05, 4.69) is 21.2 Å². The van der Waals surface area contributed by atoms with Gasteiger partial charge in [-0.2, -0.15) is 0 Å². The molecule has 0 fully saturated rings. The average Bonchev–Trinajstić information content (AvgIpc) is 2.48. The molecule has 0 spiro atoms. The van der Waals surface area contributed by atoms with E-state index in [9.17, 15) is 4.39 Å². The second kappa shape index (κ2) is 6.86. The lowest BCUT2D eigenvalue weighted by atomic mass is 9.98. The van der Waals surface area contributed by atoms with Crippen LogP contribution >= 0.6 is 15.9 Å². The van der Waals surface area contributed by atoms with Crippen LogP contribution in [-0.4, -0.2) is 13.7 Å². The minimum atomic E-state index is -0.251. The molecular weight excluding hydrogens is 321 g/mol. The number of hydrogen-bond donors (Lipinski definition) is 1. The van der Waals surface area contributed by atoms with Crippen LogP contribution < -0.4 is 10.1 Å². The van der Waals surface area contributed by atoms with Crippen LogP contribution in [0.25, 0.3) is 0 Å². The van der Waals surface area contributed by atoms with E-state index in [4.69, 9.17) is 4.74 Å². The van der Waals surface area contributed by atoms with E-state index in [0.717, 1.165) is 23.4 Å². The predicted octanol–water partition coefficient (Wildman–Crippen LogP) is 4.30. The van der Waals surface area contributed by atoms with Gasteiger partial charge in [0.1, 0.15) is 11.6 Å². The summed E-state index contributed by atoms with van der Waals surface area (Å²) >= 11 is 3.18. The summed E-state index contributed by atoms with van der Waals surface area (Å²) in [5.41, 5.74) is 1.98. The van der Waals surface area contributed by atoms with Gasteiger partial charge in [-0.05, 0) is 57.9 Å². The Bertz CT molecular complexity index is 571. The van der Waals surface area contributed by atoms with Gasteiger partial charge in [0, 0.05) is 0 Å². The molecule has 0 aliphatic carbocycles. The molecule has 0 saturated heterocycles. The predicted molar refractivity (Wildman–Crippen MR) is 82.6 cm³/mol. The fourth-order valence-electron chi connectivity index (χ4n) is 2.12. The van der Waals surface area contributed by atoms with Crippen LogP contribution in [0.15, 0.2) is 46.9 Å². The number of benzene rings is 2. The standard InChI is InChI=1S/C16H17BrFNO/c1-3-19-16(11-4-7-13(20-2)8-5-11)12-6-9-14(17)15(18)10-12/h4-10,16,19H,3H2,1-2H3. The number of ether oxygens (including phenoxy) is 1. The summed E-state index contributed by atoms with van der Waals surface area (Å²) in [5.74, 6) is 0.560. The van der Waals surface area contributed by atoms with Crippen molar-refractivity contribution in [3.8, 4) is 5.75 Å². The summed E-state index contributed by atoms with van der Waals surface area (Å²) in [5, 5.41) is 3.38. The Labute approximate surface area is 127 Å². The van der Waals surface area contributed by atoms with Crippen LogP contribution in [0.5, 0.6) is 5.75 Å². The molecule has 0 bridgehead atoms. The highest BCUT2D eigenvalue weighted by atomic mass is 79.9. The van der Waals surface area contributed by atoms with Gasteiger partial charge in [0.2, 0.25) is 0 Å². The van der Waals surface area contributed by atoms with Gasteiger partial charge in [-0.25, -0.2) is 4.39 Å². The van der Waals surface area contributed by atoms with Crippen LogP contribution in [0, 0.1) is 5.82 Å². The highest BCUT2D eigenvalue weighted by Crippen LogP contribution is 2.26. The number of rotatable bonds is 5.